The average Bonchev–Trinajstić information content (AvgIpc) is 3.27. The van der Waals surface area contributed by atoms with Crippen LogP contribution in [0.3, 0.4) is 0 Å². The van der Waals surface area contributed by atoms with Gasteiger partial charge in [0.25, 0.3) is 5.92 Å². The van der Waals surface area contributed by atoms with E-state index in [9.17, 15) is 13.6 Å². The van der Waals surface area contributed by atoms with Crippen LogP contribution in [-0.2, 0) is 9.53 Å². The van der Waals surface area contributed by atoms with Crippen molar-refractivity contribution in [1.82, 2.24) is 4.90 Å². The van der Waals surface area contributed by atoms with E-state index in [4.69, 9.17) is 4.74 Å². The molecule has 0 N–H and O–H groups in total. The second-order valence-corrected chi connectivity index (χ2v) is 7.21. The molecule has 132 valence electrons. The summed E-state index contributed by atoms with van der Waals surface area (Å²) in [5.74, 6) is -4.25. The van der Waals surface area contributed by atoms with Crippen LogP contribution in [0.25, 0.3) is 0 Å². The Morgan fingerprint density at radius 3 is 2.50 bits per heavy atom. The SMILES string of the molecule is CCOC(=O)C1([C@H]2CN([C@@H](C)c3ccc(C)cc3)CC2(F)F)CC1. The molecule has 0 unspecified atom stereocenters. The second-order valence-electron chi connectivity index (χ2n) is 7.21. The first-order valence-electron chi connectivity index (χ1n) is 8.66. The molecule has 1 aliphatic carbocycles. The molecule has 0 aromatic heterocycles. The van der Waals surface area contributed by atoms with Gasteiger partial charge in [-0.3, -0.25) is 9.69 Å². The molecule has 0 amide bonds. The lowest BCUT2D eigenvalue weighted by Crippen LogP contribution is -2.39. The monoisotopic (exact) mass is 337 g/mol. The van der Waals surface area contributed by atoms with Gasteiger partial charge in [-0.1, -0.05) is 29.8 Å². The van der Waals surface area contributed by atoms with E-state index in [1.165, 1.54) is 0 Å². The third-order valence-electron chi connectivity index (χ3n) is 5.59. The zero-order valence-corrected chi connectivity index (χ0v) is 14.5. The first-order valence-corrected chi connectivity index (χ1v) is 8.66. The first-order chi connectivity index (χ1) is 11.3. The summed E-state index contributed by atoms with van der Waals surface area (Å²) in [4.78, 5) is 14.0. The largest absolute Gasteiger partial charge is 0.466 e. The van der Waals surface area contributed by atoms with Gasteiger partial charge >= 0.3 is 5.97 Å². The predicted molar refractivity (Wildman–Crippen MR) is 87.9 cm³/mol. The fourth-order valence-electron chi connectivity index (χ4n) is 3.85. The van der Waals surface area contributed by atoms with Crippen molar-refractivity contribution >= 4 is 5.97 Å². The van der Waals surface area contributed by atoms with Gasteiger partial charge in [0, 0.05) is 12.6 Å². The van der Waals surface area contributed by atoms with Gasteiger partial charge in [-0.05, 0) is 39.2 Å². The molecule has 0 spiro atoms. The molecule has 24 heavy (non-hydrogen) atoms. The van der Waals surface area contributed by atoms with Crippen molar-refractivity contribution in [2.75, 3.05) is 19.7 Å². The summed E-state index contributed by atoms with van der Waals surface area (Å²) in [6.07, 6.45) is 1.03. The molecule has 1 aromatic rings. The van der Waals surface area contributed by atoms with Crippen LogP contribution < -0.4 is 0 Å². The summed E-state index contributed by atoms with van der Waals surface area (Å²) in [6, 6.07) is 7.88. The molecule has 2 aliphatic rings. The number of carbonyl (C=O) groups is 1. The van der Waals surface area contributed by atoms with Crippen molar-refractivity contribution in [2.24, 2.45) is 11.3 Å². The molecular weight excluding hydrogens is 312 g/mol. The van der Waals surface area contributed by atoms with E-state index in [2.05, 4.69) is 0 Å². The quantitative estimate of drug-likeness (QED) is 0.762. The minimum atomic E-state index is -2.86. The molecule has 5 heteroatoms. The zero-order valence-electron chi connectivity index (χ0n) is 14.5. The van der Waals surface area contributed by atoms with E-state index in [-0.39, 0.29) is 25.7 Å². The number of ether oxygens (including phenoxy) is 1. The summed E-state index contributed by atoms with van der Waals surface area (Å²) >= 11 is 0. The van der Waals surface area contributed by atoms with E-state index >= 15 is 0 Å². The number of aryl methyl sites for hydroxylation is 1. The molecule has 1 aromatic carbocycles. The van der Waals surface area contributed by atoms with E-state index in [0.29, 0.717) is 12.8 Å². The van der Waals surface area contributed by atoms with Gasteiger partial charge in [0.15, 0.2) is 0 Å². The van der Waals surface area contributed by atoms with Crippen LogP contribution in [0, 0.1) is 18.3 Å². The molecule has 1 saturated carbocycles. The predicted octanol–water partition coefficient (Wildman–Crippen LogP) is 3.97. The number of nitrogens with zero attached hydrogens (tertiary/aromatic N) is 1. The van der Waals surface area contributed by atoms with E-state index < -0.39 is 23.2 Å². The van der Waals surface area contributed by atoms with Crippen molar-refractivity contribution in [3.63, 3.8) is 0 Å². The maximum absolute atomic E-state index is 14.7. The number of hydrogen-bond acceptors (Lipinski definition) is 3. The number of likely N-dealkylation sites (tertiary alicyclic amines) is 1. The summed E-state index contributed by atoms with van der Waals surface area (Å²) in [5.41, 5.74) is 1.20. The Bertz CT molecular complexity index is 610. The van der Waals surface area contributed by atoms with Crippen molar-refractivity contribution in [3.8, 4) is 0 Å². The number of alkyl halides is 2. The van der Waals surface area contributed by atoms with E-state index in [1.807, 2.05) is 38.1 Å². The molecular formula is C19H25F2NO2. The van der Waals surface area contributed by atoms with E-state index in [1.54, 1.807) is 11.8 Å². The molecule has 1 saturated heterocycles. The lowest BCUT2D eigenvalue weighted by atomic mass is 9.86. The highest BCUT2D eigenvalue weighted by Crippen LogP contribution is 2.60. The minimum Gasteiger partial charge on any atom is -0.466 e. The highest BCUT2D eigenvalue weighted by Gasteiger charge is 2.67. The van der Waals surface area contributed by atoms with Crippen LogP contribution in [0.2, 0.25) is 0 Å². The fourth-order valence-corrected chi connectivity index (χ4v) is 3.85. The molecule has 0 bridgehead atoms. The zero-order chi connectivity index (χ0) is 17.5. The Labute approximate surface area is 142 Å². The minimum absolute atomic E-state index is 0.0977. The van der Waals surface area contributed by atoms with Crippen molar-refractivity contribution < 1.29 is 18.3 Å². The molecule has 2 fully saturated rings. The van der Waals surface area contributed by atoms with Crippen LogP contribution in [0.15, 0.2) is 24.3 Å². The molecule has 1 aliphatic heterocycles. The third kappa shape index (κ3) is 2.94. The Kier molecular flexibility index (Phi) is 4.41. The summed E-state index contributed by atoms with van der Waals surface area (Å²) in [5, 5.41) is 0. The number of esters is 1. The lowest BCUT2D eigenvalue weighted by Gasteiger charge is -2.26. The molecule has 0 radical (unpaired) electrons. The summed E-state index contributed by atoms with van der Waals surface area (Å²) < 4.78 is 34.4. The number of benzene rings is 1. The Balaban J connectivity index is 1.78. The van der Waals surface area contributed by atoms with Gasteiger partial charge in [0.05, 0.1) is 24.5 Å². The Hall–Kier alpha value is -1.49. The van der Waals surface area contributed by atoms with Crippen molar-refractivity contribution in [3.05, 3.63) is 35.4 Å². The topological polar surface area (TPSA) is 29.5 Å². The molecule has 3 rings (SSSR count). The first kappa shape index (κ1) is 17.3. The fraction of sp³-hybridized carbons (Fsp3) is 0.632. The Morgan fingerprint density at radius 1 is 1.33 bits per heavy atom. The number of carbonyl (C=O) groups excluding carboxylic acids is 1. The lowest BCUT2D eigenvalue weighted by molar-refractivity contribution is -0.158. The molecule has 2 atom stereocenters. The molecule has 1 heterocycles. The van der Waals surface area contributed by atoms with Crippen molar-refractivity contribution in [1.29, 1.82) is 0 Å². The van der Waals surface area contributed by atoms with Gasteiger partial charge < -0.3 is 4.74 Å². The van der Waals surface area contributed by atoms with Crippen LogP contribution in [0.1, 0.15) is 43.9 Å². The second kappa shape index (κ2) is 6.10. The van der Waals surface area contributed by atoms with Gasteiger partial charge in [-0.2, -0.15) is 0 Å². The highest BCUT2D eigenvalue weighted by molar-refractivity contribution is 5.80. The maximum Gasteiger partial charge on any atom is 0.312 e. The standard InChI is InChI=1S/C19H25F2NO2/c1-4-24-17(23)18(9-10-18)16-11-22(12-19(16,20)21)14(3)15-7-5-13(2)6-8-15/h5-8,14,16H,4,9-12H2,1-3H3/t14-,16+/m0/s1. The van der Waals surface area contributed by atoms with Crippen molar-refractivity contribution in [2.45, 2.75) is 45.6 Å². The van der Waals surface area contributed by atoms with Crippen LogP contribution in [0.5, 0.6) is 0 Å². The highest BCUT2D eigenvalue weighted by atomic mass is 19.3. The van der Waals surface area contributed by atoms with Gasteiger partial charge in [-0.25, -0.2) is 8.78 Å². The van der Waals surface area contributed by atoms with Gasteiger partial charge in [0.2, 0.25) is 0 Å². The Morgan fingerprint density at radius 2 is 1.96 bits per heavy atom. The number of rotatable bonds is 5. The normalized spacial score (nSPS) is 26.1. The summed E-state index contributed by atoms with van der Waals surface area (Å²) in [7, 11) is 0. The van der Waals surface area contributed by atoms with Gasteiger partial charge in [0.1, 0.15) is 0 Å². The van der Waals surface area contributed by atoms with E-state index in [0.717, 1.165) is 11.1 Å². The summed E-state index contributed by atoms with van der Waals surface area (Å²) in [6.45, 7) is 5.85. The number of hydrogen-bond donors (Lipinski definition) is 0. The number of halogens is 2. The average molecular weight is 337 g/mol. The molecule has 3 nitrogen and oxygen atoms in total. The third-order valence-corrected chi connectivity index (χ3v) is 5.59. The maximum atomic E-state index is 14.7. The van der Waals surface area contributed by atoms with Crippen LogP contribution in [-0.4, -0.2) is 36.5 Å². The van der Waals surface area contributed by atoms with Crippen LogP contribution >= 0.6 is 0 Å². The van der Waals surface area contributed by atoms with Gasteiger partial charge in [-0.15, -0.1) is 0 Å². The van der Waals surface area contributed by atoms with Crippen LogP contribution in [0.4, 0.5) is 8.78 Å². The smallest absolute Gasteiger partial charge is 0.312 e.